The Hall–Kier alpha value is -1.58. The molecular formula is C14H25N3O3. The first-order chi connectivity index (χ1) is 9.65. The topological polar surface area (TPSA) is 85.6 Å². The van der Waals surface area contributed by atoms with Crippen molar-refractivity contribution in [2.45, 2.75) is 26.2 Å². The van der Waals surface area contributed by atoms with Crippen molar-refractivity contribution in [3.63, 3.8) is 0 Å². The Kier molecular flexibility index (Phi) is 11.5. The number of rotatable bonds is 11. The first-order valence-corrected chi connectivity index (χ1v) is 6.94. The summed E-state index contributed by atoms with van der Waals surface area (Å²) in [5.74, 6) is -0.397. The molecule has 0 aliphatic heterocycles. The predicted octanol–water partition coefficient (Wildman–Crippen LogP) is 0.641. The van der Waals surface area contributed by atoms with Crippen LogP contribution in [-0.2, 0) is 9.53 Å². The van der Waals surface area contributed by atoms with Gasteiger partial charge in [-0.2, -0.15) is 5.26 Å². The van der Waals surface area contributed by atoms with Crippen LogP contribution in [0.2, 0.25) is 0 Å². The van der Waals surface area contributed by atoms with Crippen LogP contribution in [0.1, 0.15) is 26.2 Å². The number of unbranched alkanes of at least 4 members (excludes halogenated alkanes) is 1. The minimum atomic E-state index is -0.397. The summed E-state index contributed by atoms with van der Waals surface area (Å²) in [6.07, 6.45) is 4.31. The van der Waals surface area contributed by atoms with E-state index in [1.807, 2.05) is 6.07 Å². The fourth-order valence-electron chi connectivity index (χ4n) is 1.40. The second-order valence-corrected chi connectivity index (χ2v) is 4.43. The summed E-state index contributed by atoms with van der Waals surface area (Å²) >= 11 is 0. The summed E-state index contributed by atoms with van der Waals surface area (Å²) in [7, 11) is 1.70. The molecule has 0 aromatic heterocycles. The Morgan fingerprint density at radius 1 is 1.45 bits per heavy atom. The molecule has 1 amide bonds. The van der Waals surface area contributed by atoms with Crippen molar-refractivity contribution in [2.24, 2.45) is 0 Å². The molecule has 114 valence electrons. The quantitative estimate of drug-likeness (QED) is 0.330. The monoisotopic (exact) mass is 283 g/mol. The molecule has 0 aromatic carbocycles. The van der Waals surface area contributed by atoms with E-state index in [-0.39, 0.29) is 12.2 Å². The molecule has 0 fully saturated rings. The SMILES string of the molecule is CCCCOCCCNC(=O)/C(C#N)=C\N(C)CCO. The predicted molar refractivity (Wildman–Crippen MR) is 76.8 cm³/mol. The molecule has 0 unspecified atom stereocenters. The van der Waals surface area contributed by atoms with Gasteiger partial charge in [0.2, 0.25) is 0 Å². The van der Waals surface area contributed by atoms with Gasteiger partial charge in [0.15, 0.2) is 0 Å². The molecule has 0 atom stereocenters. The molecule has 0 saturated carbocycles. The highest BCUT2D eigenvalue weighted by Gasteiger charge is 2.08. The molecule has 2 N–H and O–H groups in total. The zero-order chi connectivity index (χ0) is 15.2. The number of carbonyl (C=O) groups excluding carboxylic acids is 1. The molecule has 0 aromatic rings. The number of nitrogens with zero attached hydrogens (tertiary/aromatic N) is 2. The number of likely N-dealkylation sites (N-methyl/N-ethyl adjacent to an activating group) is 1. The van der Waals surface area contributed by atoms with Gasteiger partial charge in [-0.05, 0) is 12.8 Å². The number of aliphatic hydroxyl groups is 1. The average molecular weight is 283 g/mol. The van der Waals surface area contributed by atoms with E-state index in [0.717, 1.165) is 25.9 Å². The van der Waals surface area contributed by atoms with Crippen LogP contribution in [-0.4, -0.2) is 55.9 Å². The van der Waals surface area contributed by atoms with Crippen molar-refractivity contribution < 1.29 is 14.6 Å². The molecular weight excluding hydrogens is 258 g/mol. The zero-order valence-electron chi connectivity index (χ0n) is 12.4. The van der Waals surface area contributed by atoms with Crippen LogP contribution in [0.25, 0.3) is 0 Å². The normalized spacial score (nSPS) is 11.0. The Bertz CT molecular complexity index is 337. The first-order valence-electron chi connectivity index (χ1n) is 6.94. The van der Waals surface area contributed by atoms with Crippen molar-refractivity contribution in [1.29, 1.82) is 5.26 Å². The van der Waals surface area contributed by atoms with Gasteiger partial charge in [-0.1, -0.05) is 13.3 Å². The van der Waals surface area contributed by atoms with Crippen molar-refractivity contribution >= 4 is 5.91 Å². The van der Waals surface area contributed by atoms with Gasteiger partial charge in [-0.25, -0.2) is 0 Å². The summed E-state index contributed by atoms with van der Waals surface area (Å²) in [4.78, 5) is 13.3. The molecule has 0 radical (unpaired) electrons. The van der Waals surface area contributed by atoms with Gasteiger partial charge in [0.25, 0.3) is 5.91 Å². The summed E-state index contributed by atoms with van der Waals surface area (Å²) in [6.45, 7) is 4.29. The standard InChI is InChI=1S/C14H25N3O3/c1-3-4-9-20-10-5-6-16-14(19)13(11-15)12-17(2)7-8-18/h12,18H,3-10H2,1-2H3,(H,16,19)/b13-12-. The van der Waals surface area contributed by atoms with E-state index in [2.05, 4.69) is 12.2 Å². The fraction of sp³-hybridized carbons (Fsp3) is 0.714. The van der Waals surface area contributed by atoms with Crippen LogP contribution in [0.5, 0.6) is 0 Å². The molecule has 6 nitrogen and oxygen atoms in total. The summed E-state index contributed by atoms with van der Waals surface area (Å²) in [5, 5.41) is 20.3. The Morgan fingerprint density at radius 3 is 2.75 bits per heavy atom. The van der Waals surface area contributed by atoms with Gasteiger partial charge in [0.1, 0.15) is 11.6 Å². The maximum atomic E-state index is 11.7. The number of carbonyl (C=O) groups is 1. The van der Waals surface area contributed by atoms with Gasteiger partial charge in [0, 0.05) is 39.6 Å². The minimum absolute atomic E-state index is 0.0254. The molecule has 0 saturated heterocycles. The largest absolute Gasteiger partial charge is 0.395 e. The number of nitrogens with one attached hydrogen (secondary N) is 1. The van der Waals surface area contributed by atoms with E-state index >= 15 is 0 Å². The zero-order valence-corrected chi connectivity index (χ0v) is 12.4. The first kappa shape index (κ1) is 18.4. The molecule has 0 rings (SSSR count). The van der Waals surface area contributed by atoms with Crippen LogP contribution in [0.3, 0.4) is 0 Å². The van der Waals surface area contributed by atoms with E-state index < -0.39 is 5.91 Å². The number of aliphatic hydroxyl groups excluding tert-OH is 1. The lowest BCUT2D eigenvalue weighted by Gasteiger charge is -2.12. The molecule has 0 heterocycles. The molecule has 0 aliphatic rings. The van der Waals surface area contributed by atoms with Crippen molar-refractivity contribution in [1.82, 2.24) is 10.2 Å². The number of nitriles is 1. The van der Waals surface area contributed by atoms with Crippen molar-refractivity contribution in [3.8, 4) is 6.07 Å². The third-order valence-electron chi connectivity index (χ3n) is 2.56. The van der Waals surface area contributed by atoms with Gasteiger partial charge in [-0.15, -0.1) is 0 Å². The van der Waals surface area contributed by atoms with Crippen molar-refractivity contribution in [2.75, 3.05) is 40.0 Å². The third kappa shape index (κ3) is 9.36. The Balaban J connectivity index is 3.91. The van der Waals surface area contributed by atoms with E-state index in [4.69, 9.17) is 15.1 Å². The highest BCUT2D eigenvalue weighted by Crippen LogP contribution is 1.96. The summed E-state index contributed by atoms with van der Waals surface area (Å²) < 4.78 is 5.37. The Labute approximate surface area is 121 Å². The highest BCUT2D eigenvalue weighted by molar-refractivity contribution is 5.97. The van der Waals surface area contributed by atoms with Crippen LogP contribution in [0, 0.1) is 11.3 Å². The second-order valence-electron chi connectivity index (χ2n) is 4.43. The number of ether oxygens (including phenoxy) is 1. The fourth-order valence-corrected chi connectivity index (χ4v) is 1.40. The van der Waals surface area contributed by atoms with Gasteiger partial charge in [-0.3, -0.25) is 4.79 Å². The highest BCUT2D eigenvalue weighted by atomic mass is 16.5. The van der Waals surface area contributed by atoms with Gasteiger partial charge in [0.05, 0.1) is 6.61 Å². The Morgan fingerprint density at radius 2 is 2.15 bits per heavy atom. The summed E-state index contributed by atoms with van der Waals surface area (Å²) in [6, 6.07) is 1.85. The molecule has 0 aliphatic carbocycles. The number of hydrogen-bond acceptors (Lipinski definition) is 5. The lowest BCUT2D eigenvalue weighted by Crippen LogP contribution is -2.28. The van der Waals surface area contributed by atoms with E-state index in [1.54, 1.807) is 11.9 Å². The maximum absolute atomic E-state index is 11.7. The number of amides is 1. The third-order valence-corrected chi connectivity index (χ3v) is 2.56. The van der Waals surface area contributed by atoms with Crippen molar-refractivity contribution in [3.05, 3.63) is 11.8 Å². The molecule has 0 bridgehead atoms. The average Bonchev–Trinajstić information content (AvgIpc) is 2.43. The molecule has 0 spiro atoms. The number of hydrogen-bond donors (Lipinski definition) is 2. The lowest BCUT2D eigenvalue weighted by molar-refractivity contribution is -0.117. The lowest BCUT2D eigenvalue weighted by atomic mass is 10.3. The molecule has 20 heavy (non-hydrogen) atoms. The van der Waals surface area contributed by atoms with E-state index in [0.29, 0.717) is 19.7 Å². The second kappa shape index (κ2) is 12.5. The van der Waals surface area contributed by atoms with Gasteiger partial charge < -0.3 is 20.1 Å². The summed E-state index contributed by atoms with van der Waals surface area (Å²) in [5.41, 5.74) is 0.0350. The molecule has 6 heteroatoms. The maximum Gasteiger partial charge on any atom is 0.263 e. The van der Waals surface area contributed by atoms with E-state index in [9.17, 15) is 4.79 Å². The van der Waals surface area contributed by atoms with Crippen LogP contribution >= 0.6 is 0 Å². The smallest absolute Gasteiger partial charge is 0.263 e. The van der Waals surface area contributed by atoms with Gasteiger partial charge >= 0.3 is 0 Å². The van der Waals surface area contributed by atoms with Crippen LogP contribution in [0.4, 0.5) is 0 Å². The van der Waals surface area contributed by atoms with Crippen LogP contribution in [0.15, 0.2) is 11.8 Å². The van der Waals surface area contributed by atoms with Crippen LogP contribution < -0.4 is 5.32 Å². The van der Waals surface area contributed by atoms with E-state index in [1.165, 1.54) is 6.20 Å². The minimum Gasteiger partial charge on any atom is -0.395 e.